The molecule has 0 fully saturated rings. The molecule has 1 N–H and O–H groups in total. The van der Waals surface area contributed by atoms with E-state index in [4.69, 9.17) is 4.74 Å². The van der Waals surface area contributed by atoms with Gasteiger partial charge in [-0.25, -0.2) is 0 Å². The maximum absolute atomic E-state index is 5.08. The predicted molar refractivity (Wildman–Crippen MR) is 79.3 cm³/mol. The molecule has 0 aliphatic rings. The Balaban J connectivity index is 2.31. The molecule has 1 aromatic heterocycles. The van der Waals surface area contributed by atoms with E-state index < -0.39 is 0 Å². The molecule has 104 valence electrons. The Morgan fingerprint density at radius 1 is 1.39 bits per heavy atom. The van der Waals surface area contributed by atoms with Crippen molar-refractivity contribution < 1.29 is 4.74 Å². The van der Waals surface area contributed by atoms with Crippen LogP contribution in [-0.4, -0.2) is 45.3 Å². The molecule has 0 spiro atoms. The Morgan fingerprint density at radius 3 is 2.72 bits per heavy atom. The Bertz CT molecular complexity index is 301. The molecule has 1 rings (SSSR count). The summed E-state index contributed by atoms with van der Waals surface area (Å²) in [5.74, 6) is 0.618. The summed E-state index contributed by atoms with van der Waals surface area (Å²) in [7, 11) is 3.88. The first-order chi connectivity index (χ1) is 8.65. The molecule has 0 aliphatic carbocycles. The zero-order valence-corrected chi connectivity index (χ0v) is 12.8. The van der Waals surface area contributed by atoms with Crippen LogP contribution in [0.4, 0.5) is 0 Å². The molecule has 1 unspecified atom stereocenters. The Morgan fingerprint density at radius 2 is 2.17 bits per heavy atom. The van der Waals surface area contributed by atoms with Gasteiger partial charge >= 0.3 is 0 Å². The van der Waals surface area contributed by atoms with E-state index in [9.17, 15) is 0 Å². The first-order valence-corrected chi connectivity index (χ1v) is 7.47. The quantitative estimate of drug-likeness (QED) is 0.746. The number of methoxy groups -OCH3 is 1. The van der Waals surface area contributed by atoms with Gasteiger partial charge in [-0.15, -0.1) is 11.3 Å². The van der Waals surface area contributed by atoms with Crippen molar-refractivity contribution >= 4 is 11.3 Å². The van der Waals surface area contributed by atoms with Crippen LogP contribution in [0.15, 0.2) is 17.5 Å². The number of likely N-dealkylation sites (N-methyl/N-ethyl adjacent to an activating group) is 1. The summed E-state index contributed by atoms with van der Waals surface area (Å²) in [4.78, 5) is 3.73. The van der Waals surface area contributed by atoms with E-state index in [1.807, 2.05) is 11.3 Å². The molecule has 0 aromatic carbocycles. The van der Waals surface area contributed by atoms with Gasteiger partial charge < -0.3 is 15.0 Å². The zero-order chi connectivity index (χ0) is 13.4. The lowest BCUT2D eigenvalue weighted by atomic mass is 10.0. The predicted octanol–water partition coefficient (Wildman–Crippen LogP) is 2.61. The minimum atomic E-state index is 0.473. The van der Waals surface area contributed by atoms with Crippen LogP contribution in [-0.2, 0) is 4.74 Å². The maximum atomic E-state index is 5.08. The van der Waals surface area contributed by atoms with Gasteiger partial charge in [-0.2, -0.15) is 0 Å². The SMILES string of the molecule is COCCN(C)CCNC(c1cccs1)C(C)C. The molecule has 1 heterocycles. The van der Waals surface area contributed by atoms with E-state index in [1.165, 1.54) is 4.88 Å². The molecule has 3 nitrogen and oxygen atoms in total. The highest BCUT2D eigenvalue weighted by Gasteiger charge is 2.15. The van der Waals surface area contributed by atoms with Crippen LogP contribution in [0.5, 0.6) is 0 Å². The second-order valence-corrected chi connectivity index (χ2v) is 5.97. The van der Waals surface area contributed by atoms with Crippen LogP contribution >= 0.6 is 11.3 Å². The number of ether oxygens (including phenoxy) is 1. The zero-order valence-electron chi connectivity index (χ0n) is 12.0. The van der Waals surface area contributed by atoms with E-state index in [1.54, 1.807) is 7.11 Å². The van der Waals surface area contributed by atoms with Crippen molar-refractivity contribution in [2.75, 3.05) is 40.4 Å². The molecule has 0 saturated heterocycles. The van der Waals surface area contributed by atoms with E-state index in [2.05, 4.69) is 48.6 Å². The van der Waals surface area contributed by atoms with Gasteiger partial charge in [0, 0.05) is 37.7 Å². The minimum Gasteiger partial charge on any atom is -0.383 e. The van der Waals surface area contributed by atoms with Crippen molar-refractivity contribution in [1.29, 1.82) is 0 Å². The van der Waals surface area contributed by atoms with Crippen molar-refractivity contribution in [3.05, 3.63) is 22.4 Å². The third-order valence-corrected chi connectivity index (χ3v) is 4.01. The number of nitrogens with zero attached hydrogens (tertiary/aromatic N) is 1. The lowest BCUT2D eigenvalue weighted by molar-refractivity contribution is 0.160. The molecule has 4 heteroatoms. The van der Waals surface area contributed by atoms with Crippen molar-refractivity contribution in [3.63, 3.8) is 0 Å². The standard InChI is InChI=1S/C14H26N2OS/c1-12(2)14(13-6-5-11-18-13)15-7-8-16(3)9-10-17-4/h5-6,11-12,14-15H,7-10H2,1-4H3. The summed E-state index contributed by atoms with van der Waals surface area (Å²) in [5, 5.41) is 5.81. The third-order valence-electron chi connectivity index (χ3n) is 3.05. The van der Waals surface area contributed by atoms with Crippen LogP contribution in [0.2, 0.25) is 0 Å². The largest absolute Gasteiger partial charge is 0.383 e. The van der Waals surface area contributed by atoms with Gasteiger partial charge in [0.2, 0.25) is 0 Å². The van der Waals surface area contributed by atoms with Crippen LogP contribution in [0.3, 0.4) is 0 Å². The van der Waals surface area contributed by atoms with Crippen LogP contribution < -0.4 is 5.32 Å². The lowest BCUT2D eigenvalue weighted by Gasteiger charge is -2.23. The maximum Gasteiger partial charge on any atom is 0.0589 e. The monoisotopic (exact) mass is 270 g/mol. The molecule has 1 aromatic rings. The number of rotatable bonds is 9. The van der Waals surface area contributed by atoms with E-state index in [0.717, 1.165) is 26.2 Å². The lowest BCUT2D eigenvalue weighted by Crippen LogP contribution is -2.34. The van der Waals surface area contributed by atoms with Gasteiger partial charge in [-0.05, 0) is 24.4 Å². The highest BCUT2D eigenvalue weighted by Crippen LogP contribution is 2.25. The summed E-state index contributed by atoms with van der Waals surface area (Å²) in [5.41, 5.74) is 0. The average molecular weight is 270 g/mol. The average Bonchev–Trinajstić information content (AvgIpc) is 2.85. The van der Waals surface area contributed by atoms with Gasteiger partial charge in [-0.1, -0.05) is 19.9 Å². The van der Waals surface area contributed by atoms with Crippen molar-refractivity contribution in [3.8, 4) is 0 Å². The Kier molecular flexibility index (Phi) is 7.51. The fourth-order valence-electron chi connectivity index (χ4n) is 1.90. The molecular formula is C14H26N2OS. The smallest absolute Gasteiger partial charge is 0.0589 e. The molecular weight excluding hydrogens is 244 g/mol. The summed E-state index contributed by atoms with van der Waals surface area (Å²) in [6, 6.07) is 4.82. The number of hydrogen-bond acceptors (Lipinski definition) is 4. The second kappa shape index (κ2) is 8.64. The molecule has 0 aliphatic heterocycles. The van der Waals surface area contributed by atoms with Crippen LogP contribution in [0.1, 0.15) is 24.8 Å². The summed E-state index contributed by atoms with van der Waals surface area (Å²) in [6.07, 6.45) is 0. The van der Waals surface area contributed by atoms with Gasteiger partial charge in [0.15, 0.2) is 0 Å². The number of nitrogens with one attached hydrogen (secondary N) is 1. The number of thiophene rings is 1. The van der Waals surface area contributed by atoms with Crippen molar-refractivity contribution in [2.24, 2.45) is 5.92 Å². The van der Waals surface area contributed by atoms with Crippen LogP contribution in [0.25, 0.3) is 0 Å². The van der Waals surface area contributed by atoms with Gasteiger partial charge in [-0.3, -0.25) is 0 Å². The van der Waals surface area contributed by atoms with Gasteiger partial charge in [0.1, 0.15) is 0 Å². The first-order valence-electron chi connectivity index (χ1n) is 6.59. The number of hydrogen-bond donors (Lipinski definition) is 1. The van der Waals surface area contributed by atoms with Crippen molar-refractivity contribution in [1.82, 2.24) is 10.2 Å². The molecule has 0 bridgehead atoms. The molecule has 1 atom stereocenters. The molecule has 0 amide bonds. The fourth-order valence-corrected chi connectivity index (χ4v) is 2.88. The highest BCUT2D eigenvalue weighted by molar-refractivity contribution is 7.10. The highest BCUT2D eigenvalue weighted by atomic mass is 32.1. The van der Waals surface area contributed by atoms with E-state index >= 15 is 0 Å². The van der Waals surface area contributed by atoms with Gasteiger partial charge in [0.25, 0.3) is 0 Å². The Hall–Kier alpha value is -0.420. The normalized spacial score (nSPS) is 13.4. The fraction of sp³-hybridized carbons (Fsp3) is 0.714. The summed E-state index contributed by atoms with van der Waals surface area (Å²) >= 11 is 1.84. The van der Waals surface area contributed by atoms with Gasteiger partial charge in [0.05, 0.1) is 6.61 Å². The molecule has 18 heavy (non-hydrogen) atoms. The van der Waals surface area contributed by atoms with E-state index in [-0.39, 0.29) is 0 Å². The topological polar surface area (TPSA) is 24.5 Å². The summed E-state index contributed by atoms with van der Waals surface area (Å²) < 4.78 is 5.08. The minimum absolute atomic E-state index is 0.473. The first kappa shape index (κ1) is 15.6. The van der Waals surface area contributed by atoms with Crippen molar-refractivity contribution in [2.45, 2.75) is 19.9 Å². The van der Waals surface area contributed by atoms with E-state index in [0.29, 0.717) is 12.0 Å². The second-order valence-electron chi connectivity index (χ2n) is 4.99. The molecule has 0 radical (unpaired) electrons. The molecule has 0 saturated carbocycles. The summed E-state index contributed by atoms with van der Waals surface area (Å²) in [6.45, 7) is 8.40. The van der Waals surface area contributed by atoms with Crippen LogP contribution in [0, 0.1) is 5.92 Å². The third kappa shape index (κ3) is 5.48. The Labute approximate surface area is 115 Å².